The van der Waals surface area contributed by atoms with Crippen LogP contribution in [-0.4, -0.2) is 46.4 Å². The normalized spacial score (nSPS) is 12.6. The third kappa shape index (κ3) is 3.48. The van der Waals surface area contributed by atoms with Crippen molar-refractivity contribution in [3.8, 4) is 0 Å². The van der Waals surface area contributed by atoms with E-state index in [2.05, 4.69) is 20.3 Å². The van der Waals surface area contributed by atoms with E-state index >= 15 is 0 Å². The van der Waals surface area contributed by atoms with Gasteiger partial charge in [-0.15, -0.1) is 0 Å². The highest BCUT2D eigenvalue weighted by Gasteiger charge is 2.18. The van der Waals surface area contributed by atoms with E-state index in [4.69, 9.17) is 0 Å². The summed E-state index contributed by atoms with van der Waals surface area (Å²) in [6.45, 7) is 3.24. The SMILES string of the molecule is C[C@@H](O)Cn1c(NCCCn2ccnc2)nc2c1c(=O)[nH]c(=O)n2C. The zero-order chi connectivity index (χ0) is 18.0. The van der Waals surface area contributed by atoms with Crippen LogP contribution in [0, 0.1) is 0 Å². The van der Waals surface area contributed by atoms with E-state index in [9.17, 15) is 14.7 Å². The lowest BCUT2D eigenvalue weighted by Crippen LogP contribution is -2.29. The van der Waals surface area contributed by atoms with E-state index in [1.165, 1.54) is 4.57 Å². The maximum atomic E-state index is 12.2. The van der Waals surface area contributed by atoms with Crippen molar-refractivity contribution in [1.82, 2.24) is 28.7 Å². The van der Waals surface area contributed by atoms with Crippen LogP contribution in [-0.2, 0) is 20.1 Å². The Bertz CT molecular complexity index is 966. The minimum absolute atomic E-state index is 0.196. The lowest BCUT2D eigenvalue weighted by atomic mass is 10.4. The molecule has 0 unspecified atom stereocenters. The molecule has 1 atom stereocenters. The van der Waals surface area contributed by atoms with Crippen molar-refractivity contribution in [2.24, 2.45) is 7.05 Å². The number of fused-ring (bicyclic) bond motifs is 1. The van der Waals surface area contributed by atoms with Crippen molar-refractivity contribution in [3.05, 3.63) is 39.6 Å². The Kier molecular flexibility index (Phi) is 4.70. The maximum Gasteiger partial charge on any atom is 0.329 e. The first kappa shape index (κ1) is 17.0. The predicted octanol–water partition coefficient (Wildman–Crippen LogP) is -0.497. The number of nitrogens with one attached hydrogen (secondary N) is 2. The maximum absolute atomic E-state index is 12.2. The third-order valence-electron chi connectivity index (χ3n) is 3.89. The summed E-state index contributed by atoms with van der Waals surface area (Å²) in [5.41, 5.74) is -0.491. The average Bonchev–Trinajstić information content (AvgIpc) is 3.17. The van der Waals surface area contributed by atoms with Crippen LogP contribution in [0.3, 0.4) is 0 Å². The molecule has 10 heteroatoms. The Morgan fingerprint density at radius 3 is 2.88 bits per heavy atom. The predicted molar refractivity (Wildman–Crippen MR) is 92.6 cm³/mol. The molecule has 3 aromatic heterocycles. The second-order valence-electron chi connectivity index (χ2n) is 5.97. The Morgan fingerprint density at radius 1 is 1.40 bits per heavy atom. The van der Waals surface area contributed by atoms with Gasteiger partial charge in [0.2, 0.25) is 5.95 Å². The molecule has 0 bridgehead atoms. The van der Waals surface area contributed by atoms with Crippen molar-refractivity contribution in [2.75, 3.05) is 11.9 Å². The van der Waals surface area contributed by atoms with Gasteiger partial charge < -0.3 is 19.6 Å². The van der Waals surface area contributed by atoms with Crippen LogP contribution >= 0.6 is 0 Å². The van der Waals surface area contributed by atoms with E-state index in [-0.39, 0.29) is 17.7 Å². The molecule has 0 spiro atoms. The van der Waals surface area contributed by atoms with Crippen LogP contribution in [0.5, 0.6) is 0 Å². The minimum atomic E-state index is -0.666. The first-order valence-corrected chi connectivity index (χ1v) is 8.04. The number of hydrogen-bond donors (Lipinski definition) is 3. The molecular formula is C15H21N7O3. The molecule has 0 saturated carbocycles. The van der Waals surface area contributed by atoms with Crippen LogP contribution in [0.25, 0.3) is 11.2 Å². The first-order valence-electron chi connectivity index (χ1n) is 8.04. The second kappa shape index (κ2) is 6.93. The molecule has 0 aliphatic carbocycles. The largest absolute Gasteiger partial charge is 0.392 e. The summed E-state index contributed by atoms with van der Waals surface area (Å²) in [5, 5.41) is 12.9. The van der Waals surface area contributed by atoms with Gasteiger partial charge in [0.25, 0.3) is 5.56 Å². The van der Waals surface area contributed by atoms with Crippen LogP contribution in [0.15, 0.2) is 28.3 Å². The summed E-state index contributed by atoms with van der Waals surface area (Å²) in [6, 6.07) is 0. The molecule has 0 fully saturated rings. The highest BCUT2D eigenvalue weighted by molar-refractivity contribution is 5.74. The highest BCUT2D eigenvalue weighted by atomic mass is 16.3. The number of imidazole rings is 2. The second-order valence-corrected chi connectivity index (χ2v) is 5.97. The minimum Gasteiger partial charge on any atom is -0.392 e. The van der Waals surface area contributed by atoms with Crippen LogP contribution < -0.4 is 16.6 Å². The van der Waals surface area contributed by atoms with E-state index in [0.29, 0.717) is 12.5 Å². The summed E-state index contributed by atoms with van der Waals surface area (Å²) in [5.74, 6) is 0.452. The smallest absolute Gasteiger partial charge is 0.329 e. The number of H-pyrrole nitrogens is 1. The van der Waals surface area contributed by atoms with Gasteiger partial charge in [-0.25, -0.2) is 9.78 Å². The lowest BCUT2D eigenvalue weighted by Gasteiger charge is -2.12. The fourth-order valence-corrected chi connectivity index (χ4v) is 2.69. The number of aryl methyl sites for hydroxylation is 2. The standard InChI is InChI=1S/C15H21N7O3/c1-10(23)8-22-11-12(20(2)15(25)19-13(11)24)18-14(22)17-4-3-6-21-7-5-16-9-21/h5,7,9-10,23H,3-4,6,8H2,1-2H3,(H,17,18)(H,19,24,25)/t10-/m1/s1. The molecule has 3 heterocycles. The Balaban J connectivity index is 1.87. The molecule has 0 aromatic carbocycles. The number of aromatic nitrogens is 6. The molecule has 3 rings (SSSR count). The van der Waals surface area contributed by atoms with Gasteiger partial charge in [0, 0.05) is 32.5 Å². The van der Waals surface area contributed by atoms with Gasteiger partial charge in [0.1, 0.15) is 0 Å². The fraction of sp³-hybridized carbons (Fsp3) is 0.467. The summed E-state index contributed by atoms with van der Waals surface area (Å²) >= 11 is 0. The molecular weight excluding hydrogens is 326 g/mol. The molecule has 0 saturated heterocycles. The van der Waals surface area contributed by atoms with Crippen molar-refractivity contribution >= 4 is 17.1 Å². The summed E-state index contributed by atoms with van der Waals surface area (Å²) < 4.78 is 4.86. The number of aliphatic hydroxyl groups is 1. The highest BCUT2D eigenvalue weighted by Crippen LogP contribution is 2.16. The van der Waals surface area contributed by atoms with Gasteiger partial charge in [0.05, 0.1) is 19.0 Å². The van der Waals surface area contributed by atoms with Gasteiger partial charge >= 0.3 is 5.69 Å². The quantitative estimate of drug-likeness (QED) is 0.495. The Hall–Kier alpha value is -2.88. The average molecular weight is 347 g/mol. The molecule has 134 valence electrons. The zero-order valence-electron chi connectivity index (χ0n) is 14.1. The number of nitrogens with zero attached hydrogens (tertiary/aromatic N) is 5. The number of anilines is 1. The Morgan fingerprint density at radius 2 is 2.20 bits per heavy atom. The van der Waals surface area contributed by atoms with E-state index in [0.717, 1.165) is 13.0 Å². The summed E-state index contributed by atoms with van der Waals surface area (Å²) in [6.07, 6.45) is 5.52. The van der Waals surface area contributed by atoms with Crippen LogP contribution in [0.4, 0.5) is 5.95 Å². The number of aromatic amines is 1. The number of rotatable bonds is 7. The van der Waals surface area contributed by atoms with E-state index < -0.39 is 17.4 Å². The molecule has 0 aliphatic rings. The fourth-order valence-electron chi connectivity index (χ4n) is 2.69. The van der Waals surface area contributed by atoms with E-state index in [1.807, 2.05) is 10.8 Å². The van der Waals surface area contributed by atoms with Gasteiger partial charge in [-0.2, -0.15) is 4.98 Å². The lowest BCUT2D eigenvalue weighted by molar-refractivity contribution is 0.175. The van der Waals surface area contributed by atoms with Gasteiger partial charge in [-0.05, 0) is 13.3 Å². The van der Waals surface area contributed by atoms with Gasteiger partial charge in [0.15, 0.2) is 11.2 Å². The van der Waals surface area contributed by atoms with Crippen molar-refractivity contribution in [2.45, 2.75) is 32.5 Å². The topological polar surface area (TPSA) is 123 Å². The van der Waals surface area contributed by atoms with Crippen molar-refractivity contribution in [1.29, 1.82) is 0 Å². The van der Waals surface area contributed by atoms with Crippen molar-refractivity contribution in [3.63, 3.8) is 0 Å². The summed E-state index contributed by atoms with van der Waals surface area (Å²) in [4.78, 5) is 34.6. The third-order valence-corrected chi connectivity index (χ3v) is 3.89. The molecule has 0 amide bonds. The first-order chi connectivity index (χ1) is 12.0. The molecule has 3 N–H and O–H groups in total. The zero-order valence-corrected chi connectivity index (χ0v) is 14.1. The monoisotopic (exact) mass is 347 g/mol. The molecule has 3 aromatic rings. The number of aliphatic hydroxyl groups excluding tert-OH is 1. The number of hydrogen-bond acceptors (Lipinski definition) is 6. The van der Waals surface area contributed by atoms with Crippen molar-refractivity contribution < 1.29 is 5.11 Å². The van der Waals surface area contributed by atoms with Gasteiger partial charge in [-0.3, -0.25) is 14.3 Å². The molecule has 25 heavy (non-hydrogen) atoms. The Labute approximate surface area is 142 Å². The molecule has 10 nitrogen and oxygen atoms in total. The van der Waals surface area contributed by atoms with E-state index in [1.54, 1.807) is 31.1 Å². The van der Waals surface area contributed by atoms with Gasteiger partial charge in [-0.1, -0.05) is 0 Å². The van der Waals surface area contributed by atoms with Crippen LogP contribution in [0.1, 0.15) is 13.3 Å². The molecule has 0 radical (unpaired) electrons. The summed E-state index contributed by atoms with van der Waals surface area (Å²) in [7, 11) is 1.54. The van der Waals surface area contributed by atoms with Crippen LogP contribution in [0.2, 0.25) is 0 Å². The molecule has 0 aliphatic heterocycles.